The minimum absolute atomic E-state index is 0.0118. The summed E-state index contributed by atoms with van der Waals surface area (Å²) in [6.45, 7) is 2.40. The lowest BCUT2D eigenvalue weighted by molar-refractivity contribution is -0.128. The highest BCUT2D eigenvalue weighted by Gasteiger charge is 2.22. The number of carbonyl (C=O) groups is 2. The molecule has 0 aliphatic heterocycles. The molecule has 0 saturated heterocycles. The Morgan fingerprint density at radius 3 is 2.74 bits per heavy atom. The number of aromatic nitrogens is 1. The van der Waals surface area contributed by atoms with E-state index in [2.05, 4.69) is 15.6 Å². The molecule has 1 aliphatic carbocycles. The molecule has 2 N–H and O–H groups in total. The average molecular weight is 281 g/mol. The monoisotopic (exact) mass is 281 g/mol. The fourth-order valence-corrected chi connectivity index (χ4v) is 2.93. The van der Waals surface area contributed by atoms with Crippen molar-refractivity contribution in [2.24, 2.45) is 5.92 Å². The summed E-state index contributed by atoms with van der Waals surface area (Å²) >= 11 is 1.52. The molecule has 6 heteroatoms. The standard InChI is InChI=1S/C13H19N3O2S/c1-9-8-19-12(16-9)7-14-11(17)6-15-13(18)10-4-2-3-5-10/h8,10H,2-7H2,1H3,(H,14,17)(H,15,18). The first kappa shape index (κ1) is 14.0. The molecule has 5 nitrogen and oxygen atoms in total. The highest BCUT2D eigenvalue weighted by Crippen LogP contribution is 2.24. The van der Waals surface area contributed by atoms with Crippen molar-refractivity contribution in [1.82, 2.24) is 15.6 Å². The second-order valence-corrected chi connectivity index (χ2v) is 5.80. The van der Waals surface area contributed by atoms with Gasteiger partial charge in [-0.2, -0.15) is 0 Å². The SMILES string of the molecule is Cc1csc(CNC(=O)CNC(=O)C2CCCC2)n1. The Kier molecular flexibility index (Phi) is 4.90. The summed E-state index contributed by atoms with van der Waals surface area (Å²) in [5.41, 5.74) is 0.962. The second-order valence-electron chi connectivity index (χ2n) is 4.86. The van der Waals surface area contributed by atoms with Gasteiger partial charge >= 0.3 is 0 Å². The minimum Gasteiger partial charge on any atom is -0.348 e. The molecule has 0 aromatic carbocycles. The molecule has 1 aromatic heterocycles. The van der Waals surface area contributed by atoms with Gasteiger partial charge in [-0.1, -0.05) is 12.8 Å². The predicted molar refractivity (Wildman–Crippen MR) is 73.7 cm³/mol. The van der Waals surface area contributed by atoms with Gasteiger partial charge in [0.05, 0.1) is 13.1 Å². The van der Waals surface area contributed by atoms with Crippen LogP contribution in [0.25, 0.3) is 0 Å². The van der Waals surface area contributed by atoms with E-state index in [-0.39, 0.29) is 24.3 Å². The fourth-order valence-electron chi connectivity index (χ4n) is 2.22. The summed E-state index contributed by atoms with van der Waals surface area (Å²) in [6.07, 6.45) is 4.14. The maximum Gasteiger partial charge on any atom is 0.239 e. The van der Waals surface area contributed by atoms with Gasteiger partial charge in [0, 0.05) is 17.0 Å². The van der Waals surface area contributed by atoms with Crippen molar-refractivity contribution in [1.29, 1.82) is 0 Å². The van der Waals surface area contributed by atoms with E-state index in [0.717, 1.165) is 36.4 Å². The van der Waals surface area contributed by atoms with Crippen LogP contribution in [0.5, 0.6) is 0 Å². The Morgan fingerprint density at radius 2 is 2.11 bits per heavy atom. The van der Waals surface area contributed by atoms with Gasteiger partial charge in [0.1, 0.15) is 5.01 Å². The highest BCUT2D eigenvalue weighted by molar-refractivity contribution is 7.09. The number of nitrogens with zero attached hydrogens (tertiary/aromatic N) is 1. The van der Waals surface area contributed by atoms with Gasteiger partial charge in [-0.05, 0) is 19.8 Å². The maximum absolute atomic E-state index is 11.7. The van der Waals surface area contributed by atoms with Crippen molar-refractivity contribution in [2.45, 2.75) is 39.2 Å². The van der Waals surface area contributed by atoms with Crippen molar-refractivity contribution in [3.8, 4) is 0 Å². The van der Waals surface area contributed by atoms with Crippen LogP contribution in [-0.2, 0) is 16.1 Å². The van der Waals surface area contributed by atoms with Crippen LogP contribution in [0.4, 0.5) is 0 Å². The maximum atomic E-state index is 11.7. The van der Waals surface area contributed by atoms with E-state index >= 15 is 0 Å². The van der Waals surface area contributed by atoms with E-state index < -0.39 is 0 Å². The van der Waals surface area contributed by atoms with Gasteiger partial charge in [0.25, 0.3) is 0 Å². The van der Waals surface area contributed by atoms with E-state index in [1.165, 1.54) is 11.3 Å². The molecule has 0 bridgehead atoms. The van der Waals surface area contributed by atoms with Crippen LogP contribution in [0, 0.1) is 12.8 Å². The molecular formula is C13H19N3O2S. The summed E-state index contributed by atoms with van der Waals surface area (Å²) in [5, 5.41) is 8.28. The third kappa shape index (κ3) is 4.31. The molecule has 1 saturated carbocycles. The molecule has 19 heavy (non-hydrogen) atoms. The van der Waals surface area contributed by atoms with Crippen LogP contribution in [-0.4, -0.2) is 23.3 Å². The molecule has 1 aromatic rings. The van der Waals surface area contributed by atoms with Crippen molar-refractivity contribution < 1.29 is 9.59 Å². The molecule has 1 fully saturated rings. The van der Waals surface area contributed by atoms with Crippen LogP contribution in [0.2, 0.25) is 0 Å². The van der Waals surface area contributed by atoms with E-state index in [1.807, 2.05) is 12.3 Å². The Bertz CT molecular complexity index is 452. The number of hydrogen-bond acceptors (Lipinski definition) is 4. The third-order valence-electron chi connectivity index (χ3n) is 3.25. The van der Waals surface area contributed by atoms with Crippen molar-refractivity contribution in [3.63, 3.8) is 0 Å². The van der Waals surface area contributed by atoms with E-state index in [9.17, 15) is 9.59 Å². The van der Waals surface area contributed by atoms with Gasteiger partial charge in [-0.25, -0.2) is 4.98 Å². The lowest BCUT2D eigenvalue weighted by Crippen LogP contribution is -2.38. The number of hydrogen-bond donors (Lipinski definition) is 2. The van der Waals surface area contributed by atoms with Gasteiger partial charge in [0.15, 0.2) is 0 Å². The molecule has 0 unspecified atom stereocenters. The van der Waals surface area contributed by atoms with E-state index in [0.29, 0.717) is 6.54 Å². The fraction of sp³-hybridized carbons (Fsp3) is 0.615. The first-order valence-corrected chi connectivity index (χ1v) is 7.48. The summed E-state index contributed by atoms with van der Waals surface area (Å²) in [4.78, 5) is 27.6. The van der Waals surface area contributed by atoms with E-state index in [1.54, 1.807) is 0 Å². The molecule has 104 valence electrons. The van der Waals surface area contributed by atoms with Crippen LogP contribution in [0.1, 0.15) is 36.4 Å². The number of aryl methyl sites for hydroxylation is 1. The van der Waals surface area contributed by atoms with Gasteiger partial charge < -0.3 is 10.6 Å². The van der Waals surface area contributed by atoms with E-state index in [4.69, 9.17) is 0 Å². The molecular weight excluding hydrogens is 262 g/mol. The van der Waals surface area contributed by atoms with Gasteiger partial charge in [-0.3, -0.25) is 9.59 Å². The largest absolute Gasteiger partial charge is 0.348 e. The lowest BCUT2D eigenvalue weighted by atomic mass is 10.1. The molecule has 1 aliphatic rings. The predicted octanol–water partition coefficient (Wildman–Crippen LogP) is 1.37. The zero-order valence-electron chi connectivity index (χ0n) is 11.1. The zero-order chi connectivity index (χ0) is 13.7. The Balaban J connectivity index is 1.65. The lowest BCUT2D eigenvalue weighted by Gasteiger charge is -2.10. The molecule has 0 radical (unpaired) electrons. The first-order chi connectivity index (χ1) is 9.15. The zero-order valence-corrected chi connectivity index (χ0v) is 11.9. The normalized spacial score (nSPS) is 15.4. The summed E-state index contributed by atoms with van der Waals surface area (Å²) in [6, 6.07) is 0. The second kappa shape index (κ2) is 6.65. The van der Waals surface area contributed by atoms with Crippen molar-refractivity contribution >= 4 is 23.2 Å². The van der Waals surface area contributed by atoms with Gasteiger partial charge in [0.2, 0.25) is 11.8 Å². The minimum atomic E-state index is -0.167. The number of rotatable bonds is 5. The highest BCUT2D eigenvalue weighted by atomic mass is 32.1. The Morgan fingerprint density at radius 1 is 1.37 bits per heavy atom. The number of thiazole rings is 1. The molecule has 0 atom stereocenters. The number of carbonyl (C=O) groups excluding carboxylic acids is 2. The molecule has 1 heterocycles. The van der Waals surface area contributed by atoms with Crippen LogP contribution in [0.15, 0.2) is 5.38 Å². The third-order valence-corrected chi connectivity index (χ3v) is 4.22. The van der Waals surface area contributed by atoms with Crippen LogP contribution >= 0.6 is 11.3 Å². The quantitative estimate of drug-likeness (QED) is 0.856. The summed E-state index contributed by atoms with van der Waals surface area (Å²) < 4.78 is 0. The smallest absolute Gasteiger partial charge is 0.239 e. The first-order valence-electron chi connectivity index (χ1n) is 6.60. The molecule has 2 amide bonds. The Labute approximate surface area is 116 Å². The van der Waals surface area contributed by atoms with Crippen LogP contribution < -0.4 is 10.6 Å². The Hall–Kier alpha value is -1.43. The topological polar surface area (TPSA) is 71.1 Å². The van der Waals surface area contributed by atoms with Crippen molar-refractivity contribution in [2.75, 3.05) is 6.54 Å². The summed E-state index contributed by atoms with van der Waals surface area (Å²) in [5.74, 6) is -0.0497. The van der Waals surface area contributed by atoms with Crippen molar-refractivity contribution in [3.05, 3.63) is 16.1 Å². The number of amides is 2. The van der Waals surface area contributed by atoms with Gasteiger partial charge in [-0.15, -0.1) is 11.3 Å². The number of nitrogens with one attached hydrogen (secondary N) is 2. The molecule has 2 rings (SSSR count). The summed E-state index contributed by atoms with van der Waals surface area (Å²) in [7, 11) is 0. The average Bonchev–Trinajstić information content (AvgIpc) is 3.04. The molecule has 0 spiro atoms. The van der Waals surface area contributed by atoms with Crippen LogP contribution in [0.3, 0.4) is 0 Å².